The van der Waals surface area contributed by atoms with Crippen LogP contribution in [0.25, 0.3) is 0 Å². The number of hydrogen-bond acceptors (Lipinski definition) is 2. The minimum atomic E-state index is -0.223. The van der Waals surface area contributed by atoms with E-state index in [0.717, 1.165) is 22.4 Å². The van der Waals surface area contributed by atoms with Crippen LogP contribution >= 0.6 is 12.2 Å². The third-order valence-corrected chi connectivity index (χ3v) is 3.10. The Bertz CT molecular complexity index is 611. The Morgan fingerprint density at radius 3 is 2.68 bits per heavy atom. The summed E-state index contributed by atoms with van der Waals surface area (Å²) in [7, 11) is 0. The summed E-state index contributed by atoms with van der Waals surface area (Å²) in [6, 6.07) is 12.3. The van der Waals surface area contributed by atoms with E-state index in [1.165, 1.54) is 12.1 Å². The van der Waals surface area contributed by atoms with Crippen molar-refractivity contribution in [3.8, 4) is 0 Å². The number of hydrogen-bond donors (Lipinski definition) is 2. The van der Waals surface area contributed by atoms with Gasteiger partial charge in [-0.1, -0.05) is 24.4 Å². The van der Waals surface area contributed by atoms with E-state index in [0.29, 0.717) is 11.5 Å². The second-order valence-corrected chi connectivity index (χ2v) is 4.82. The van der Waals surface area contributed by atoms with Crippen LogP contribution in [0.3, 0.4) is 0 Å². The van der Waals surface area contributed by atoms with Crippen molar-refractivity contribution < 1.29 is 4.39 Å². The molecule has 0 spiro atoms. The molecule has 0 saturated heterocycles. The Morgan fingerprint density at radius 2 is 2.05 bits per heavy atom. The minimum absolute atomic E-state index is 0.223. The fourth-order valence-corrected chi connectivity index (χ4v) is 2.13. The van der Waals surface area contributed by atoms with Crippen molar-refractivity contribution in [1.82, 2.24) is 0 Å². The van der Waals surface area contributed by atoms with E-state index in [9.17, 15) is 4.39 Å². The van der Waals surface area contributed by atoms with Gasteiger partial charge in [0.05, 0.1) is 0 Å². The summed E-state index contributed by atoms with van der Waals surface area (Å²) in [5, 5.41) is 3.24. The van der Waals surface area contributed by atoms with Crippen molar-refractivity contribution in [2.24, 2.45) is 5.73 Å². The van der Waals surface area contributed by atoms with E-state index < -0.39 is 0 Å². The van der Waals surface area contributed by atoms with Crippen LogP contribution in [0.5, 0.6) is 0 Å². The van der Waals surface area contributed by atoms with Crippen LogP contribution in [0.4, 0.5) is 10.1 Å². The van der Waals surface area contributed by atoms with E-state index in [4.69, 9.17) is 18.0 Å². The molecule has 0 saturated carbocycles. The van der Waals surface area contributed by atoms with E-state index in [-0.39, 0.29) is 5.82 Å². The van der Waals surface area contributed by atoms with Crippen LogP contribution in [0, 0.1) is 12.7 Å². The number of benzene rings is 2. The Morgan fingerprint density at radius 1 is 1.26 bits per heavy atom. The zero-order chi connectivity index (χ0) is 13.8. The number of nitrogens with one attached hydrogen (secondary N) is 1. The molecule has 0 radical (unpaired) electrons. The number of nitrogens with two attached hydrogens (primary N) is 1. The maximum absolute atomic E-state index is 13.0. The maximum atomic E-state index is 13.0. The van der Waals surface area contributed by atoms with Gasteiger partial charge in [0.2, 0.25) is 0 Å². The average Bonchev–Trinajstić information content (AvgIpc) is 2.36. The van der Waals surface area contributed by atoms with Gasteiger partial charge in [-0.25, -0.2) is 4.39 Å². The Kier molecular flexibility index (Phi) is 4.12. The first-order valence-corrected chi connectivity index (χ1v) is 6.36. The molecule has 0 aromatic heterocycles. The molecular weight excluding hydrogens is 259 g/mol. The first kappa shape index (κ1) is 13.5. The highest BCUT2D eigenvalue weighted by molar-refractivity contribution is 7.80. The maximum Gasteiger partial charge on any atom is 0.123 e. The molecule has 0 heterocycles. The fraction of sp³-hybridized carbons (Fsp3) is 0.133. The molecule has 0 aliphatic rings. The summed E-state index contributed by atoms with van der Waals surface area (Å²) in [4.78, 5) is 0.397. The molecule has 0 aliphatic carbocycles. The smallest absolute Gasteiger partial charge is 0.123 e. The Balaban J connectivity index is 2.08. The van der Waals surface area contributed by atoms with Gasteiger partial charge in [0.15, 0.2) is 0 Å². The molecule has 2 aromatic rings. The number of halogens is 1. The normalized spacial score (nSPS) is 10.2. The summed E-state index contributed by atoms with van der Waals surface area (Å²) in [6.07, 6.45) is 0. The molecule has 4 heteroatoms. The van der Waals surface area contributed by atoms with Crippen molar-refractivity contribution in [3.63, 3.8) is 0 Å². The molecule has 0 fully saturated rings. The molecule has 19 heavy (non-hydrogen) atoms. The number of thiocarbonyl (C=S) groups is 1. The van der Waals surface area contributed by atoms with Gasteiger partial charge < -0.3 is 11.1 Å². The van der Waals surface area contributed by atoms with Gasteiger partial charge in [0.1, 0.15) is 10.8 Å². The molecule has 3 N–H and O–H groups in total. The van der Waals surface area contributed by atoms with E-state index in [2.05, 4.69) is 5.32 Å². The summed E-state index contributed by atoms with van der Waals surface area (Å²) in [6.45, 7) is 2.53. The topological polar surface area (TPSA) is 38.0 Å². The largest absolute Gasteiger partial charge is 0.389 e. The highest BCUT2D eigenvalue weighted by Gasteiger charge is 2.02. The highest BCUT2D eigenvalue weighted by atomic mass is 32.1. The summed E-state index contributed by atoms with van der Waals surface area (Å²) >= 11 is 4.96. The Labute approximate surface area is 117 Å². The molecule has 0 aliphatic heterocycles. The van der Waals surface area contributed by atoms with E-state index in [1.807, 2.05) is 31.2 Å². The molecule has 0 unspecified atom stereocenters. The SMILES string of the molecule is Cc1cc(NCc2cccc(F)c2)ccc1C(N)=S. The first-order chi connectivity index (χ1) is 9.06. The summed E-state index contributed by atoms with van der Waals surface area (Å²) in [5.74, 6) is -0.223. The second kappa shape index (κ2) is 5.80. The lowest BCUT2D eigenvalue weighted by atomic mass is 10.1. The van der Waals surface area contributed by atoms with Crippen LogP contribution in [-0.2, 0) is 6.54 Å². The summed E-state index contributed by atoms with van der Waals surface area (Å²) in [5.41, 5.74) is 9.38. The minimum Gasteiger partial charge on any atom is -0.389 e. The van der Waals surface area contributed by atoms with Gasteiger partial charge in [-0.15, -0.1) is 0 Å². The molecular formula is C15H15FN2S. The molecule has 2 aromatic carbocycles. The molecule has 2 nitrogen and oxygen atoms in total. The predicted octanol–water partition coefficient (Wildman–Crippen LogP) is 3.38. The predicted molar refractivity (Wildman–Crippen MR) is 80.8 cm³/mol. The third-order valence-electron chi connectivity index (χ3n) is 2.88. The van der Waals surface area contributed by atoms with E-state index >= 15 is 0 Å². The van der Waals surface area contributed by atoms with Gasteiger partial charge in [-0.2, -0.15) is 0 Å². The van der Waals surface area contributed by atoms with Crippen molar-refractivity contribution in [1.29, 1.82) is 0 Å². The van der Waals surface area contributed by atoms with Gasteiger partial charge in [-0.05, 0) is 48.4 Å². The molecule has 98 valence electrons. The van der Waals surface area contributed by atoms with Crippen molar-refractivity contribution >= 4 is 22.9 Å². The van der Waals surface area contributed by atoms with Crippen molar-refractivity contribution in [2.75, 3.05) is 5.32 Å². The van der Waals surface area contributed by atoms with E-state index in [1.54, 1.807) is 6.07 Å². The van der Waals surface area contributed by atoms with Gasteiger partial charge in [0, 0.05) is 17.8 Å². The molecule has 0 amide bonds. The van der Waals surface area contributed by atoms with Crippen LogP contribution < -0.4 is 11.1 Å². The Hall–Kier alpha value is -1.94. The molecule has 2 rings (SSSR count). The van der Waals surface area contributed by atoms with Crippen LogP contribution in [0.1, 0.15) is 16.7 Å². The monoisotopic (exact) mass is 274 g/mol. The third kappa shape index (κ3) is 3.51. The molecule has 0 atom stereocenters. The first-order valence-electron chi connectivity index (χ1n) is 5.95. The quantitative estimate of drug-likeness (QED) is 0.839. The number of rotatable bonds is 4. The lowest BCUT2D eigenvalue weighted by Gasteiger charge is -2.10. The lowest BCUT2D eigenvalue weighted by molar-refractivity contribution is 0.626. The summed E-state index contributed by atoms with van der Waals surface area (Å²) < 4.78 is 13.0. The van der Waals surface area contributed by atoms with Crippen LogP contribution in [-0.4, -0.2) is 4.99 Å². The van der Waals surface area contributed by atoms with Gasteiger partial charge in [-0.3, -0.25) is 0 Å². The fourth-order valence-electron chi connectivity index (χ4n) is 1.90. The van der Waals surface area contributed by atoms with Crippen LogP contribution in [0.2, 0.25) is 0 Å². The van der Waals surface area contributed by atoms with Gasteiger partial charge in [0.25, 0.3) is 0 Å². The average molecular weight is 274 g/mol. The van der Waals surface area contributed by atoms with Crippen molar-refractivity contribution in [2.45, 2.75) is 13.5 Å². The van der Waals surface area contributed by atoms with Crippen molar-refractivity contribution in [3.05, 3.63) is 65.0 Å². The van der Waals surface area contributed by atoms with Crippen LogP contribution in [0.15, 0.2) is 42.5 Å². The highest BCUT2D eigenvalue weighted by Crippen LogP contribution is 2.16. The lowest BCUT2D eigenvalue weighted by Crippen LogP contribution is -2.11. The zero-order valence-corrected chi connectivity index (χ0v) is 11.4. The standard InChI is InChI=1S/C15H15FN2S/c1-10-7-13(5-6-14(10)15(17)19)18-9-11-3-2-4-12(16)8-11/h2-8,18H,9H2,1H3,(H2,17,19). The zero-order valence-electron chi connectivity index (χ0n) is 10.6. The van der Waals surface area contributed by atoms with Gasteiger partial charge >= 0.3 is 0 Å². The number of anilines is 1. The second-order valence-electron chi connectivity index (χ2n) is 4.38. The molecule has 0 bridgehead atoms. The number of aryl methyl sites for hydroxylation is 1.